The number of amides is 2. The number of carbonyl (C=O) groups is 2. The van der Waals surface area contributed by atoms with Gasteiger partial charge >= 0.3 is 6.09 Å². The Bertz CT molecular complexity index is 1070. The maximum Gasteiger partial charge on any atom is 0.414 e. The highest BCUT2D eigenvalue weighted by molar-refractivity contribution is 5.92. The molecule has 0 unspecified atom stereocenters. The second-order valence-electron chi connectivity index (χ2n) is 7.68. The van der Waals surface area contributed by atoms with Gasteiger partial charge in [-0.3, -0.25) is 9.69 Å². The highest BCUT2D eigenvalue weighted by atomic mass is 19.1. The largest absolute Gasteiger partial charge is 0.504 e. The van der Waals surface area contributed by atoms with Crippen molar-refractivity contribution in [1.82, 2.24) is 5.32 Å². The zero-order chi connectivity index (χ0) is 23.4. The van der Waals surface area contributed by atoms with E-state index in [1.165, 1.54) is 35.3 Å². The minimum atomic E-state index is -0.608. The van der Waals surface area contributed by atoms with Gasteiger partial charge in [0.15, 0.2) is 11.5 Å². The van der Waals surface area contributed by atoms with Crippen LogP contribution in [0.2, 0.25) is 0 Å². The maximum atomic E-state index is 14.7. The molecule has 1 atom stereocenters. The Morgan fingerprint density at radius 1 is 1.15 bits per heavy atom. The van der Waals surface area contributed by atoms with Gasteiger partial charge in [0.2, 0.25) is 5.91 Å². The van der Waals surface area contributed by atoms with Gasteiger partial charge in [0.25, 0.3) is 0 Å². The van der Waals surface area contributed by atoms with Crippen LogP contribution in [0.25, 0.3) is 6.08 Å². The van der Waals surface area contributed by atoms with Crippen LogP contribution < -0.4 is 15.1 Å². The second-order valence-corrected chi connectivity index (χ2v) is 7.68. The molecule has 2 aliphatic heterocycles. The number of halogens is 1. The first-order valence-corrected chi connectivity index (χ1v) is 10.5. The molecule has 4 rings (SSSR count). The Morgan fingerprint density at radius 2 is 1.94 bits per heavy atom. The van der Waals surface area contributed by atoms with E-state index in [0.29, 0.717) is 43.2 Å². The van der Waals surface area contributed by atoms with Crippen LogP contribution in [0.1, 0.15) is 5.56 Å². The SMILES string of the molecule is O=C(C=Cc1ccc(O)c(O)c1)NC[C@H]1CN(c2ccc(N3CCOCC3)c(F)c2)C(=O)O1. The summed E-state index contributed by atoms with van der Waals surface area (Å²) in [5.41, 5.74) is 1.38. The number of morpholine rings is 1. The first-order chi connectivity index (χ1) is 15.9. The summed E-state index contributed by atoms with van der Waals surface area (Å²) in [5, 5.41) is 21.4. The van der Waals surface area contributed by atoms with Gasteiger partial charge in [-0.2, -0.15) is 0 Å². The number of aromatic hydroxyl groups is 2. The number of phenols is 2. The lowest BCUT2D eigenvalue weighted by Crippen LogP contribution is -2.36. The van der Waals surface area contributed by atoms with Crippen LogP contribution in [0.3, 0.4) is 0 Å². The highest BCUT2D eigenvalue weighted by Gasteiger charge is 2.33. The van der Waals surface area contributed by atoms with Crippen molar-refractivity contribution in [3.05, 3.63) is 53.9 Å². The molecule has 33 heavy (non-hydrogen) atoms. The standard InChI is InChI=1S/C23H24FN3O6/c24-18-12-16(3-4-19(18)26-7-9-32-10-8-26)27-14-17(33-23(27)31)13-25-22(30)6-2-15-1-5-20(28)21(29)11-15/h1-6,11-12,17,28-29H,7-10,13-14H2,(H,25,30)/t17-/m0/s1. The number of phenolic OH excluding ortho intramolecular Hbond substituents is 2. The topological polar surface area (TPSA) is 112 Å². The molecule has 0 saturated carbocycles. The van der Waals surface area contributed by atoms with Crippen LogP contribution in [0.4, 0.5) is 20.6 Å². The molecule has 2 aliphatic rings. The van der Waals surface area contributed by atoms with Gasteiger partial charge in [-0.15, -0.1) is 0 Å². The number of hydrogen-bond acceptors (Lipinski definition) is 7. The van der Waals surface area contributed by atoms with E-state index in [2.05, 4.69) is 5.32 Å². The van der Waals surface area contributed by atoms with Crippen LogP contribution >= 0.6 is 0 Å². The summed E-state index contributed by atoms with van der Waals surface area (Å²) in [5.74, 6) is -1.38. The molecule has 0 aliphatic carbocycles. The normalized spacial score (nSPS) is 18.6. The van der Waals surface area contributed by atoms with Crippen molar-refractivity contribution in [1.29, 1.82) is 0 Å². The van der Waals surface area contributed by atoms with Crippen molar-refractivity contribution in [2.75, 3.05) is 49.2 Å². The lowest BCUT2D eigenvalue weighted by atomic mass is 10.2. The van der Waals surface area contributed by atoms with E-state index in [0.717, 1.165) is 0 Å². The molecule has 0 bridgehead atoms. The number of benzene rings is 2. The van der Waals surface area contributed by atoms with E-state index in [9.17, 15) is 24.2 Å². The molecule has 9 nitrogen and oxygen atoms in total. The van der Waals surface area contributed by atoms with Crippen molar-refractivity contribution >= 4 is 29.5 Å². The Balaban J connectivity index is 1.31. The van der Waals surface area contributed by atoms with Crippen LogP contribution in [0.5, 0.6) is 11.5 Å². The fourth-order valence-corrected chi connectivity index (χ4v) is 3.65. The molecule has 0 aromatic heterocycles. The third kappa shape index (κ3) is 5.35. The number of carbonyl (C=O) groups excluding carboxylic acids is 2. The second kappa shape index (κ2) is 9.78. The summed E-state index contributed by atoms with van der Waals surface area (Å²) < 4.78 is 25.3. The fourth-order valence-electron chi connectivity index (χ4n) is 3.65. The lowest BCUT2D eigenvalue weighted by Gasteiger charge is -2.29. The zero-order valence-corrected chi connectivity index (χ0v) is 17.7. The maximum absolute atomic E-state index is 14.7. The summed E-state index contributed by atoms with van der Waals surface area (Å²) >= 11 is 0. The van der Waals surface area contributed by atoms with E-state index in [-0.39, 0.29) is 24.6 Å². The van der Waals surface area contributed by atoms with E-state index in [1.807, 2.05) is 4.90 Å². The first kappa shape index (κ1) is 22.4. The molecular weight excluding hydrogens is 433 g/mol. The number of nitrogens with zero attached hydrogens (tertiary/aromatic N) is 2. The Morgan fingerprint density at radius 3 is 2.67 bits per heavy atom. The minimum Gasteiger partial charge on any atom is -0.504 e. The average Bonchev–Trinajstić information content (AvgIpc) is 3.19. The van der Waals surface area contributed by atoms with Crippen LogP contribution in [0, 0.1) is 5.82 Å². The van der Waals surface area contributed by atoms with Gasteiger partial charge in [0.05, 0.1) is 37.7 Å². The molecule has 3 N–H and O–H groups in total. The summed E-state index contributed by atoms with van der Waals surface area (Å²) in [6.45, 7) is 2.54. The summed E-state index contributed by atoms with van der Waals surface area (Å²) in [6.07, 6.45) is 1.54. The van der Waals surface area contributed by atoms with E-state index < -0.39 is 23.9 Å². The predicted octanol–water partition coefficient (Wildman–Crippen LogP) is 2.23. The van der Waals surface area contributed by atoms with Gasteiger partial charge in [-0.1, -0.05) is 6.07 Å². The number of hydrogen-bond donors (Lipinski definition) is 3. The molecule has 2 aromatic carbocycles. The summed E-state index contributed by atoms with van der Waals surface area (Å²) in [7, 11) is 0. The molecule has 2 aromatic rings. The van der Waals surface area contributed by atoms with Crippen LogP contribution in [0.15, 0.2) is 42.5 Å². The molecule has 2 heterocycles. The molecular formula is C23H24FN3O6. The quantitative estimate of drug-likeness (QED) is 0.451. The zero-order valence-electron chi connectivity index (χ0n) is 17.7. The average molecular weight is 457 g/mol. The Labute approximate surface area is 189 Å². The number of cyclic esters (lactones) is 1. The monoisotopic (exact) mass is 457 g/mol. The number of rotatable bonds is 6. The van der Waals surface area contributed by atoms with Crippen LogP contribution in [-0.4, -0.2) is 67.7 Å². The van der Waals surface area contributed by atoms with Gasteiger partial charge in [-0.25, -0.2) is 9.18 Å². The number of anilines is 2. The van der Waals surface area contributed by atoms with Gasteiger partial charge in [0.1, 0.15) is 11.9 Å². The molecule has 2 fully saturated rings. The number of nitrogens with one attached hydrogen (secondary N) is 1. The Hall–Kier alpha value is -3.79. The van der Waals surface area contributed by atoms with Gasteiger partial charge in [0, 0.05) is 19.2 Å². The van der Waals surface area contributed by atoms with Crippen molar-refractivity contribution < 1.29 is 33.7 Å². The van der Waals surface area contributed by atoms with Crippen LogP contribution in [-0.2, 0) is 14.3 Å². The van der Waals surface area contributed by atoms with Crippen molar-refractivity contribution in [2.24, 2.45) is 0 Å². The minimum absolute atomic E-state index is 0.0839. The van der Waals surface area contributed by atoms with E-state index in [4.69, 9.17) is 9.47 Å². The van der Waals surface area contributed by atoms with Gasteiger partial charge < -0.3 is 29.9 Å². The third-order valence-corrected chi connectivity index (χ3v) is 5.40. The van der Waals surface area contributed by atoms with E-state index in [1.54, 1.807) is 18.2 Å². The van der Waals surface area contributed by atoms with E-state index >= 15 is 0 Å². The highest BCUT2D eigenvalue weighted by Crippen LogP contribution is 2.28. The molecule has 10 heteroatoms. The van der Waals surface area contributed by atoms with Gasteiger partial charge in [-0.05, 0) is 42.0 Å². The van der Waals surface area contributed by atoms with Crippen molar-refractivity contribution in [3.63, 3.8) is 0 Å². The molecule has 2 amide bonds. The first-order valence-electron chi connectivity index (χ1n) is 10.5. The molecule has 0 radical (unpaired) electrons. The molecule has 0 spiro atoms. The number of ether oxygens (including phenoxy) is 2. The summed E-state index contributed by atoms with van der Waals surface area (Å²) in [4.78, 5) is 27.6. The summed E-state index contributed by atoms with van der Waals surface area (Å²) in [6, 6.07) is 8.80. The lowest BCUT2D eigenvalue weighted by molar-refractivity contribution is -0.116. The van der Waals surface area contributed by atoms with Crippen molar-refractivity contribution in [2.45, 2.75) is 6.10 Å². The van der Waals surface area contributed by atoms with Crippen molar-refractivity contribution in [3.8, 4) is 11.5 Å². The molecule has 174 valence electrons. The predicted molar refractivity (Wildman–Crippen MR) is 119 cm³/mol. The third-order valence-electron chi connectivity index (χ3n) is 5.40. The Kier molecular flexibility index (Phi) is 6.64. The molecule has 2 saturated heterocycles. The smallest absolute Gasteiger partial charge is 0.414 e. The fraction of sp³-hybridized carbons (Fsp3) is 0.304.